The molecule has 0 bridgehead atoms. The second kappa shape index (κ2) is 4.09. The van der Waals surface area contributed by atoms with E-state index in [-0.39, 0.29) is 0 Å². The zero-order valence-corrected chi connectivity index (χ0v) is 9.03. The molecule has 0 aliphatic carbocycles. The standard InChI is InChI=1S/C12H18N2/c1-10-3-4-12(9-13-10)11-5-7-14(2)8-6-11/h3-4,9,11H,5-8H2,1-2H3. The highest BCUT2D eigenvalue weighted by Gasteiger charge is 2.18. The van der Waals surface area contributed by atoms with Crippen LogP contribution in [0.3, 0.4) is 0 Å². The van der Waals surface area contributed by atoms with Crippen LogP contribution in [0.15, 0.2) is 18.3 Å². The third-order valence-corrected chi connectivity index (χ3v) is 3.12. The van der Waals surface area contributed by atoms with Crippen LogP contribution in [0.5, 0.6) is 0 Å². The minimum atomic E-state index is 0.735. The fourth-order valence-corrected chi connectivity index (χ4v) is 2.06. The first kappa shape index (κ1) is 9.66. The minimum Gasteiger partial charge on any atom is -0.306 e. The zero-order valence-electron chi connectivity index (χ0n) is 9.03. The van der Waals surface area contributed by atoms with Gasteiger partial charge in [-0.25, -0.2) is 0 Å². The number of likely N-dealkylation sites (tertiary alicyclic amines) is 1. The van der Waals surface area contributed by atoms with Crippen LogP contribution in [0.2, 0.25) is 0 Å². The minimum absolute atomic E-state index is 0.735. The van der Waals surface area contributed by atoms with Crippen LogP contribution in [0.1, 0.15) is 30.0 Å². The van der Waals surface area contributed by atoms with E-state index in [1.54, 1.807) is 0 Å². The Bertz CT molecular complexity index is 284. The molecule has 1 saturated heterocycles. The van der Waals surface area contributed by atoms with Gasteiger partial charge >= 0.3 is 0 Å². The summed E-state index contributed by atoms with van der Waals surface area (Å²) < 4.78 is 0. The fraction of sp³-hybridized carbons (Fsp3) is 0.583. The molecule has 0 spiro atoms. The number of aryl methyl sites for hydroxylation is 1. The normalized spacial score (nSPS) is 19.9. The van der Waals surface area contributed by atoms with Gasteiger partial charge in [0.25, 0.3) is 0 Å². The first-order chi connectivity index (χ1) is 6.75. The van der Waals surface area contributed by atoms with E-state index in [0.29, 0.717) is 0 Å². The van der Waals surface area contributed by atoms with E-state index in [0.717, 1.165) is 11.6 Å². The van der Waals surface area contributed by atoms with Gasteiger partial charge in [0.15, 0.2) is 0 Å². The van der Waals surface area contributed by atoms with Crippen LogP contribution in [0, 0.1) is 6.92 Å². The Morgan fingerprint density at radius 1 is 1.29 bits per heavy atom. The second-order valence-corrected chi connectivity index (χ2v) is 4.31. The van der Waals surface area contributed by atoms with Crippen molar-refractivity contribution in [3.8, 4) is 0 Å². The van der Waals surface area contributed by atoms with Crippen molar-refractivity contribution in [2.45, 2.75) is 25.7 Å². The summed E-state index contributed by atoms with van der Waals surface area (Å²) in [4.78, 5) is 6.76. The zero-order chi connectivity index (χ0) is 9.97. The van der Waals surface area contributed by atoms with Gasteiger partial charge in [0.1, 0.15) is 0 Å². The lowest BCUT2D eigenvalue weighted by molar-refractivity contribution is 0.255. The van der Waals surface area contributed by atoms with Gasteiger partial charge in [-0.3, -0.25) is 4.98 Å². The molecule has 0 saturated carbocycles. The second-order valence-electron chi connectivity index (χ2n) is 4.31. The van der Waals surface area contributed by atoms with Crippen molar-refractivity contribution in [3.05, 3.63) is 29.6 Å². The molecule has 1 aliphatic heterocycles. The summed E-state index contributed by atoms with van der Waals surface area (Å²) in [5.41, 5.74) is 2.53. The molecule has 1 aliphatic rings. The summed E-state index contributed by atoms with van der Waals surface area (Å²) in [5.74, 6) is 0.735. The third kappa shape index (κ3) is 2.13. The van der Waals surface area contributed by atoms with Crippen molar-refractivity contribution in [2.75, 3.05) is 20.1 Å². The van der Waals surface area contributed by atoms with Crippen molar-refractivity contribution >= 4 is 0 Å². The molecule has 1 aromatic heterocycles. The largest absolute Gasteiger partial charge is 0.306 e. The van der Waals surface area contributed by atoms with E-state index in [2.05, 4.69) is 29.1 Å². The molecule has 14 heavy (non-hydrogen) atoms. The lowest BCUT2D eigenvalue weighted by Gasteiger charge is -2.28. The molecule has 0 unspecified atom stereocenters. The summed E-state index contributed by atoms with van der Waals surface area (Å²) in [6, 6.07) is 4.35. The highest BCUT2D eigenvalue weighted by atomic mass is 15.1. The number of piperidine rings is 1. The molecule has 76 valence electrons. The van der Waals surface area contributed by atoms with Crippen molar-refractivity contribution in [3.63, 3.8) is 0 Å². The maximum Gasteiger partial charge on any atom is 0.0372 e. The first-order valence-corrected chi connectivity index (χ1v) is 5.37. The molecule has 2 heteroatoms. The Labute approximate surface area is 86.0 Å². The molecule has 0 radical (unpaired) electrons. The van der Waals surface area contributed by atoms with E-state index in [1.165, 1.54) is 31.5 Å². The number of hydrogen-bond donors (Lipinski definition) is 0. The maximum atomic E-state index is 4.36. The van der Waals surface area contributed by atoms with Gasteiger partial charge in [0.05, 0.1) is 0 Å². The predicted octanol–water partition coefficient (Wildman–Crippen LogP) is 2.20. The summed E-state index contributed by atoms with van der Waals surface area (Å²) in [7, 11) is 2.20. The summed E-state index contributed by atoms with van der Waals surface area (Å²) >= 11 is 0. The summed E-state index contributed by atoms with van der Waals surface area (Å²) in [6.07, 6.45) is 4.60. The number of nitrogens with zero attached hydrogens (tertiary/aromatic N) is 2. The van der Waals surface area contributed by atoms with E-state index in [9.17, 15) is 0 Å². The van der Waals surface area contributed by atoms with Gasteiger partial charge in [0, 0.05) is 11.9 Å². The van der Waals surface area contributed by atoms with Gasteiger partial charge in [0.2, 0.25) is 0 Å². The van der Waals surface area contributed by atoms with Crippen molar-refractivity contribution in [2.24, 2.45) is 0 Å². The quantitative estimate of drug-likeness (QED) is 0.675. The molecule has 1 fully saturated rings. The Hall–Kier alpha value is -0.890. The fourth-order valence-electron chi connectivity index (χ4n) is 2.06. The monoisotopic (exact) mass is 190 g/mol. The number of pyridine rings is 1. The van der Waals surface area contributed by atoms with Gasteiger partial charge in [-0.1, -0.05) is 6.07 Å². The van der Waals surface area contributed by atoms with Crippen LogP contribution < -0.4 is 0 Å². The molecule has 1 aromatic rings. The van der Waals surface area contributed by atoms with E-state index < -0.39 is 0 Å². The topological polar surface area (TPSA) is 16.1 Å². The van der Waals surface area contributed by atoms with Gasteiger partial charge in [-0.05, 0) is 57.5 Å². The molecule has 2 rings (SSSR count). The molecule has 2 nitrogen and oxygen atoms in total. The SMILES string of the molecule is Cc1ccc(C2CCN(C)CC2)cn1. The summed E-state index contributed by atoms with van der Waals surface area (Å²) in [5, 5.41) is 0. The average molecular weight is 190 g/mol. The Morgan fingerprint density at radius 2 is 2.00 bits per heavy atom. The van der Waals surface area contributed by atoms with Crippen molar-refractivity contribution in [1.82, 2.24) is 9.88 Å². The van der Waals surface area contributed by atoms with Crippen LogP contribution >= 0.6 is 0 Å². The Morgan fingerprint density at radius 3 is 2.57 bits per heavy atom. The Kier molecular flexibility index (Phi) is 2.82. The van der Waals surface area contributed by atoms with E-state index >= 15 is 0 Å². The summed E-state index contributed by atoms with van der Waals surface area (Å²) in [6.45, 7) is 4.48. The lowest BCUT2D eigenvalue weighted by atomic mass is 9.91. The predicted molar refractivity (Wildman–Crippen MR) is 58.4 cm³/mol. The van der Waals surface area contributed by atoms with E-state index in [4.69, 9.17) is 0 Å². The molecule has 0 aromatic carbocycles. The smallest absolute Gasteiger partial charge is 0.0372 e. The average Bonchev–Trinajstić information content (AvgIpc) is 2.21. The molecule has 0 amide bonds. The number of rotatable bonds is 1. The van der Waals surface area contributed by atoms with E-state index in [1.807, 2.05) is 13.1 Å². The maximum absolute atomic E-state index is 4.36. The first-order valence-electron chi connectivity index (χ1n) is 5.37. The molecular weight excluding hydrogens is 172 g/mol. The van der Waals surface area contributed by atoms with Crippen LogP contribution in [0.25, 0.3) is 0 Å². The van der Waals surface area contributed by atoms with Crippen molar-refractivity contribution in [1.29, 1.82) is 0 Å². The third-order valence-electron chi connectivity index (χ3n) is 3.12. The molecular formula is C12H18N2. The van der Waals surface area contributed by atoms with Crippen LogP contribution in [-0.2, 0) is 0 Å². The number of hydrogen-bond acceptors (Lipinski definition) is 2. The van der Waals surface area contributed by atoms with Crippen LogP contribution in [0.4, 0.5) is 0 Å². The van der Waals surface area contributed by atoms with Gasteiger partial charge in [-0.2, -0.15) is 0 Å². The molecule has 0 atom stereocenters. The Balaban J connectivity index is 2.05. The highest BCUT2D eigenvalue weighted by Crippen LogP contribution is 2.26. The number of aromatic nitrogens is 1. The van der Waals surface area contributed by atoms with Crippen LogP contribution in [-0.4, -0.2) is 30.0 Å². The highest BCUT2D eigenvalue weighted by molar-refractivity contribution is 5.18. The molecule has 2 heterocycles. The lowest BCUT2D eigenvalue weighted by Crippen LogP contribution is -2.29. The molecule has 0 N–H and O–H groups in total. The van der Waals surface area contributed by atoms with Crippen molar-refractivity contribution < 1.29 is 0 Å². The van der Waals surface area contributed by atoms with Gasteiger partial charge in [-0.15, -0.1) is 0 Å². The van der Waals surface area contributed by atoms with Gasteiger partial charge < -0.3 is 4.90 Å².